The van der Waals surface area contributed by atoms with Crippen LogP contribution >= 0.6 is 0 Å². The molecule has 1 aliphatic carbocycles. The van der Waals surface area contributed by atoms with Crippen LogP contribution in [0.5, 0.6) is 0 Å². The van der Waals surface area contributed by atoms with Gasteiger partial charge < -0.3 is 10.6 Å². The predicted molar refractivity (Wildman–Crippen MR) is 74.5 cm³/mol. The molecule has 1 aliphatic rings. The van der Waals surface area contributed by atoms with Crippen LogP contribution in [0.1, 0.15) is 31.7 Å². The number of carbonyl (C=O) groups excluding carboxylic acids is 1. The van der Waals surface area contributed by atoms with Gasteiger partial charge in [0.05, 0.1) is 5.92 Å². The van der Waals surface area contributed by atoms with Crippen molar-refractivity contribution in [1.82, 2.24) is 0 Å². The maximum atomic E-state index is 12.5. The summed E-state index contributed by atoms with van der Waals surface area (Å²) in [5, 5.41) is 0. The molecule has 1 aromatic carbocycles. The van der Waals surface area contributed by atoms with Crippen molar-refractivity contribution in [3.63, 3.8) is 0 Å². The minimum Gasteiger partial charge on any atom is -0.327 e. The zero-order chi connectivity index (χ0) is 13.1. The van der Waals surface area contributed by atoms with E-state index in [9.17, 15) is 4.79 Å². The third-order valence-corrected chi connectivity index (χ3v) is 3.78. The molecule has 2 rings (SSSR count). The fourth-order valence-corrected chi connectivity index (χ4v) is 2.76. The molecule has 0 bridgehead atoms. The van der Waals surface area contributed by atoms with Gasteiger partial charge in [-0.2, -0.15) is 0 Å². The number of rotatable bonds is 3. The highest BCUT2D eigenvalue weighted by molar-refractivity contribution is 5.95. The Hall–Kier alpha value is -1.35. The quantitative estimate of drug-likeness (QED) is 0.890. The zero-order valence-corrected chi connectivity index (χ0v) is 11.2. The standard InChI is InChI=1S/C15H22N2O/c1-3-17(12-7-4-6-11(2)10-12)15(18)13-8-5-9-14(13)16/h4,6-7,10,13-14H,3,5,8-9,16H2,1-2H3. The summed E-state index contributed by atoms with van der Waals surface area (Å²) in [6, 6.07) is 8.13. The Morgan fingerprint density at radius 3 is 2.78 bits per heavy atom. The number of nitrogens with two attached hydrogens (primary N) is 1. The van der Waals surface area contributed by atoms with Crippen LogP contribution in [0.4, 0.5) is 5.69 Å². The Kier molecular flexibility index (Phi) is 4.02. The summed E-state index contributed by atoms with van der Waals surface area (Å²) in [4.78, 5) is 14.4. The smallest absolute Gasteiger partial charge is 0.231 e. The van der Waals surface area contributed by atoms with Gasteiger partial charge in [0.1, 0.15) is 0 Å². The Morgan fingerprint density at radius 2 is 2.22 bits per heavy atom. The van der Waals surface area contributed by atoms with Gasteiger partial charge in [0.25, 0.3) is 0 Å². The Bertz CT molecular complexity index is 430. The molecule has 0 heterocycles. The molecule has 0 saturated heterocycles. The zero-order valence-electron chi connectivity index (χ0n) is 11.2. The highest BCUT2D eigenvalue weighted by Crippen LogP contribution is 2.28. The minimum absolute atomic E-state index is 0.00506. The van der Waals surface area contributed by atoms with E-state index in [1.165, 1.54) is 5.56 Å². The summed E-state index contributed by atoms with van der Waals surface area (Å²) in [6.07, 6.45) is 2.98. The number of benzene rings is 1. The van der Waals surface area contributed by atoms with E-state index in [4.69, 9.17) is 5.73 Å². The van der Waals surface area contributed by atoms with Gasteiger partial charge in [-0.3, -0.25) is 4.79 Å². The molecule has 0 aromatic heterocycles. The van der Waals surface area contributed by atoms with Crippen molar-refractivity contribution in [3.05, 3.63) is 29.8 Å². The third kappa shape index (κ3) is 2.56. The summed E-state index contributed by atoms with van der Waals surface area (Å²) < 4.78 is 0. The van der Waals surface area contributed by atoms with Crippen LogP contribution in [0.2, 0.25) is 0 Å². The molecule has 1 fully saturated rings. The molecule has 2 N–H and O–H groups in total. The molecule has 1 amide bonds. The Morgan fingerprint density at radius 1 is 1.44 bits per heavy atom. The highest BCUT2D eigenvalue weighted by Gasteiger charge is 2.33. The van der Waals surface area contributed by atoms with Crippen LogP contribution in [0, 0.1) is 12.8 Å². The second-order valence-corrected chi connectivity index (χ2v) is 5.12. The topological polar surface area (TPSA) is 46.3 Å². The number of anilines is 1. The van der Waals surface area contributed by atoms with Crippen LogP contribution < -0.4 is 10.6 Å². The van der Waals surface area contributed by atoms with Gasteiger partial charge in [0, 0.05) is 18.3 Å². The average molecular weight is 246 g/mol. The van der Waals surface area contributed by atoms with Gasteiger partial charge in [-0.25, -0.2) is 0 Å². The summed E-state index contributed by atoms with van der Waals surface area (Å²) in [5.74, 6) is 0.193. The molecular formula is C15H22N2O. The van der Waals surface area contributed by atoms with Gasteiger partial charge in [-0.1, -0.05) is 18.6 Å². The summed E-state index contributed by atoms with van der Waals surface area (Å²) in [5.41, 5.74) is 8.20. The molecule has 0 spiro atoms. The maximum absolute atomic E-state index is 12.5. The van der Waals surface area contributed by atoms with Crippen LogP contribution in [-0.4, -0.2) is 18.5 Å². The second-order valence-electron chi connectivity index (χ2n) is 5.12. The van der Waals surface area contributed by atoms with Crippen LogP contribution in [0.25, 0.3) is 0 Å². The number of carbonyl (C=O) groups is 1. The lowest BCUT2D eigenvalue weighted by atomic mass is 10.0. The minimum atomic E-state index is 0.00506. The van der Waals surface area contributed by atoms with Crippen molar-refractivity contribution in [2.45, 2.75) is 39.2 Å². The number of hydrogen-bond donors (Lipinski definition) is 1. The van der Waals surface area contributed by atoms with E-state index in [2.05, 4.69) is 6.07 Å². The van der Waals surface area contributed by atoms with Crippen LogP contribution in [0.3, 0.4) is 0 Å². The molecule has 3 nitrogen and oxygen atoms in total. The van der Waals surface area contributed by atoms with Crippen molar-refractivity contribution < 1.29 is 4.79 Å². The van der Waals surface area contributed by atoms with Gasteiger partial charge >= 0.3 is 0 Å². The van der Waals surface area contributed by atoms with E-state index in [0.717, 1.165) is 24.9 Å². The SMILES string of the molecule is CCN(C(=O)C1CCCC1N)c1cccc(C)c1. The first kappa shape index (κ1) is 13.1. The summed E-state index contributed by atoms with van der Waals surface area (Å²) in [7, 11) is 0. The lowest BCUT2D eigenvalue weighted by molar-refractivity contribution is -0.122. The summed E-state index contributed by atoms with van der Waals surface area (Å²) >= 11 is 0. The first-order valence-electron chi connectivity index (χ1n) is 6.77. The predicted octanol–water partition coefficient (Wildman–Crippen LogP) is 2.48. The Labute approximate surface area is 109 Å². The molecule has 1 saturated carbocycles. The largest absolute Gasteiger partial charge is 0.327 e. The van der Waals surface area contributed by atoms with Crippen molar-refractivity contribution in [1.29, 1.82) is 0 Å². The monoisotopic (exact) mass is 246 g/mol. The van der Waals surface area contributed by atoms with Gasteiger partial charge in [-0.15, -0.1) is 0 Å². The van der Waals surface area contributed by atoms with E-state index < -0.39 is 0 Å². The molecular weight excluding hydrogens is 224 g/mol. The normalized spacial score (nSPS) is 23.1. The van der Waals surface area contributed by atoms with Crippen LogP contribution in [-0.2, 0) is 4.79 Å². The van der Waals surface area contributed by atoms with E-state index in [1.54, 1.807) is 0 Å². The van der Waals surface area contributed by atoms with E-state index in [-0.39, 0.29) is 17.9 Å². The summed E-state index contributed by atoms with van der Waals surface area (Å²) in [6.45, 7) is 4.76. The van der Waals surface area contributed by atoms with Gasteiger partial charge in [0.15, 0.2) is 0 Å². The molecule has 18 heavy (non-hydrogen) atoms. The number of nitrogens with zero attached hydrogens (tertiary/aromatic N) is 1. The third-order valence-electron chi connectivity index (χ3n) is 3.78. The number of hydrogen-bond acceptors (Lipinski definition) is 2. The van der Waals surface area contributed by atoms with E-state index >= 15 is 0 Å². The molecule has 3 heteroatoms. The first-order valence-corrected chi connectivity index (χ1v) is 6.77. The van der Waals surface area contributed by atoms with Gasteiger partial charge in [-0.05, 0) is 44.4 Å². The number of aryl methyl sites for hydroxylation is 1. The maximum Gasteiger partial charge on any atom is 0.231 e. The second kappa shape index (κ2) is 5.53. The van der Waals surface area contributed by atoms with E-state index in [0.29, 0.717) is 6.54 Å². The fraction of sp³-hybridized carbons (Fsp3) is 0.533. The van der Waals surface area contributed by atoms with Crippen LogP contribution in [0.15, 0.2) is 24.3 Å². The molecule has 0 radical (unpaired) electrons. The lowest BCUT2D eigenvalue weighted by Gasteiger charge is -2.26. The molecule has 2 unspecified atom stereocenters. The van der Waals surface area contributed by atoms with Crippen molar-refractivity contribution in [2.24, 2.45) is 11.7 Å². The van der Waals surface area contributed by atoms with Crippen molar-refractivity contribution in [3.8, 4) is 0 Å². The van der Waals surface area contributed by atoms with Gasteiger partial charge in [0.2, 0.25) is 5.91 Å². The average Bonchev–Trinajstić information content (AvgIpc) is 2.76. The molecule has 2 atom stereocenters. The first-order chi connectivity index (χ1) is 8.63. The van der Waals surface area contributed by atoms with E-state index in [1.807, 2.05) is 36.9 Å². The number of amides is 1. The lowest BCUT2D eigenvalue weighted by Crippen LogP contribution is -2.41. The Balaban J connectivity index is 2.20. The molecule has 1 aromatic rings. The molecule has 98 valence electrons. The molecule has 0 aliphatic heterocycles. The highest BCUT2D eigenvalue weighted by atomic mass is 16.2. The van der Waals surface area contributed by atoms with Crippen molar-refractivity contribution >= 4 is 11.6 Å². The van der Waals surface area contributed by atoms with Crippen molar-refractivity contribution in [2.75, 3.05) is 11.4 Å². The fourth-order valence-electron chi connectivity index (χ4n) is 2.76.